The zero-order valence-corrected chi connectivity index (χ0v) is 12.0. The monoisotopic (exact) mass is 296 g/mol. The van der Waals surface area contributed by atoms with E-state index < -0.39 is 0 Å². The number of halogens is 1. The Balaban J connectivity index is 1.97. The average molecular weight is 297 g/mol. The second-order valence-electron chi connectivity index (χ2n) is 4.41. The quantitative estimate of drug-likeness (QED) is 0.865. The summed E-state index contributed by atoms with van der Waals surface area (Å²) in [6.07, 6.45) is 3.52. The fourth-order valence-electron chi connectivity index (χ4n) is 1.76. The normalized spacial score (nSPS) is 10.3. The van der Waals surface area contributed by atoms with Gasteiger partial charge in [-0.25, -0.2) is 0 Å². The van der Waals surface area contributed by atoms with Crippen LogP contribution in [-0.2, 0) is 11.2 Å². The van der Waals surface area contributed by atoms with Gasteiger partial charge in [-0.05, 0) is 41.5 Å². The molecule has 0 saturated carbocycles. The molecule has 0 aliphatic heterocycles. The van der Waals surface area contributed by atoms with E-state index in [-0.39, 0.29) is 5.91 Å². The molecule has 0 fully saturated rings. The Morgan fingerprint density at radius 3 is 2.67 bits per heavy atom. The first-order valence-corrected chi connectivity index (χ1v) is 6.76. The smallest absolute Gasteiger partial charge is 0.248 e. The second-order valence-corrected chi connectivity index (χ2v) is 4.85. The van der Waals surface area contributed by atoms with Crippen molar-refractivity contribution in [3.63, 3.8) is 0 Å². The third-order valence-corrected chi connectivity index (χ3v) is 3.02. The van der Waals surface area contributed by atoms with Crippen molar-refractivity contribution in [3.05, 3.63) is 70.8 Å². The van der Waals surface area contributed by atoms with Crippen LogP contribution < -0.4 is 5.32 Å². The van der Waals surface area contributed by atoms with Gasteiger partial charge in [0, 0.05) is 16.8 Å². The predicted molar refractivity (Wildman–Crippen MR) is 84.9 cm³/mol. The summed E-state index contributed by atoms with van der Waals surface area (Å²) in [6, 6.07) is 16.5. The van der Waals surface area contributed by atoms with Crippen molar-refractivity contribution in [2.45, 2.75) is 6.42 Å². The van der Waals surface area contributed by atoms with Crippen LogP contribution in [0.5, 0.6) is 0 Å². The van der Waals surface area contributed by atoms with E-state index in [2.05, 4.69) is 11.4 Å². The molecular formula is C17H13ClN2O. The highest BCUT2D eigenvalue weighted by Crippen LogP contribution is 2.13. The maximum atomic E-state index is 11.8. The molecule has 4 heteroatoms. The topological polar surface area (TPSA) is 52.9 Å². The summed E-state index contributed by atoms with van der Waals surface area (Å²) >= 11 is 5.87. The van der Waals surface area contributed by atoms with Crippen LogP contribution in [0.1, 0.15) is 11.1 Å². The third kappa shape index (κ3) is 4.79. The summed E-state index contributed by atoms with van der Waals surface area (Å²) in [7, 11) is 0. The molecule has 1 amide bonds. The summed E-state index contributed by atoms with van der Waals surface area (Å²) in [5, 5.41) is 12.0. The molecule has 0 spiro atoms. The lowest BCUT2D eigenvalue weighted by Crippen LogP contribution is -2.07. The minimum absolute atomic E-state index is 0.219. The number of carbonyl (C=O) groups excluding carboxylic acids is 1. The van der Waals surface area contributed by atoms with Gasteiger partial charge < -0.3 is 5.32 Å². The lowest BCUT2D eigenvalue weighted by atomic mass is 10.1. The first kappa shape index (κ1) is 14.8. The maximum absolute atomic E-state index is 11.8. The Hall–Kier alpha value is -2.57. The first-order chi connectivity index (χ1) is 10.2. The second kappa shape index (κ2) is 7.28. The number of nitrogens with zero attached hydrogens (tertiary/aromatic N) is 1. The Morgan fingerprint density at radius 1 is 1.24 bits per heavy atom. The average Bonchev–Trinajstić information content (AvgIpc) is 2.48. The molecule has 2 aromatic rings. The Bertz CT molecular complexity index is 699. The molecule has 3 nitrogen and oxygen atoms in total. The first-order valence-electron chi connectivity index (χ1n) is 6.38. The van der Waals surface area contributed by atoms with Crippen molar-refractivity contribution >= 4 is 29.3 Å². The molecule has 2 aromatic carbocycles. The maximum Gasteiger partial charge on any atom is 0.248 e. The van der Waals surface area contributed by atoms with E-state index in [0.717, 1.165) is 11.1 Å². The molecule has 21 heavy (non-hydrogen) atoms. The van der Waals surface area contributed by atoms with Crippen LogP contribution in [0.15, 0.2) is 54.6 Å². The zero-order chi connectivity index (χ0) is 15.1. The molecule has 0 aliphatic rings. The summed E-state index contributed by atoms with van der Waals surface area (Å²) in [4.78, 5) is 11.8. The number of rotatable bonds is 4. The van der Waals surface area contributed by atoms with Gasteiger partial charge in [0.05, 0.1) is 12.5 Å². The van der Waals surface area contributed by atoms with Gasteiger partial charge in [-0.15, -0.1) is 0 Å². The lowest BCUT2D eigenvalue weighted by molar-refractivity contribution is -0.111. The lowest BCUT2D eigenvalue weighted by Gasteiger charge is -2.02. The van der Waals surface area contributed by atoms with E-state index in [1.807, 2.05) is 24.3 Å². The molecule has 0 atom stereocenters. The van der Waals surface area contributed by atoms with Crippen molar-refractivity contribution in [2.75, 3.05) is 5.32 Å². The molecule has 2 rings (SSSR count). The van der Waals surface area contributed by atoms with Crippen LogP contribution in [0.25, 0.3) is 6.08 Å². The summed E-state index contributed by atoms with van der Waals surface area (Å²) in [6.45, 7) is 0. The molecule has 0 aromatic heterocycles. The van der Waals surface area contributed by atoms with E-state index in [4.69, 9.17) is 16.9 Å². The third-order valence-electron chi connectivity index (χ3n) is 2.78. The van der Waals surface area contributed by atoms with Crippen molar-refractivity contribution in [1.29, 1.82) is 5.26 Å². The van der Waals surface area contributed by atoms with Gasteiger partial charge in [0.25, 0.3) is 0 Å². The molecule has 0 bridgehead atoms. The molecular weight excluding hydrogens is 284 g/mol. The van der Waals surface area contributed by atoms with Crippen molar-refractivity contribution in [1.82, 2.24) is 0 Å². The summed E-state index contributed by atoms with van der Waals surface area (Å²) < 4.78 is 0. The Labute approximate surface area is 128 Å². The van der Waals surface area contributed by atoms with Gasteiger partial charge in [0.2, 0.25) is 5.91 Å². The molecule has 0 aliphatic carbocycles. The highest BCUT2D eigenvalue weighted by molar-refractivity contribution is 6.30. The van der Waals surface area contributed by atoms with E-state index in [0.29, 0.717) is 17.1 Å². The van der Waals surface area contributed by atoms with Gasteiger partial charge in [0.15, 0.2) is 0 Å². The molecule has 1 N–H and O–H groups in total. The van der Waals surface area contributed by atoms with Crippen molar-refractivity contribution in [2.24, 2.45) is 0 Å². The zero-order valence-electron chi connectivity index (χ0n) is 11.2. The molecule has 0 saturated heterocycles. The minimum Gasteiger partial charge on any atom is -0.323 e. The number of carbonyl (C=O) groups is 1. The summed E-state index contributed by atoms with van der Waals surface area (Å²) in [5.41, 5.74) is 2.48. The van der Waals surface area contributed by atoms with Crippen LogP contribution >= 0.6 is 11.6 Å². The molecule has 104 valence electrons. The SMILES string of the molecule is N#CCc1ccc(NC(=O)/C=C/c2cccc(Cl)c2)cc1. The van der Waals surface area contributed by atoms with Crippen LogP contribution in [0, 0.1) is 11.3 Å². The van der Waals surface area contributed by atoms with Gasteiger partial charge >= 0.3 is 0 Å². The Morgan fingerprint density at radius 2 is 2.00 bits per heavy atom. The van der Waals surface area contributed by atoms with E-state index in [1.165, 1.54) is 6.08 Å². The van der Waals surface area contributed by atoms with Crippen LogP contribution in [-0.4, -0.2) is 5.91 Å². The number of benzene rings is 2. The van der Waals surface area contributed by atoms with Gasteiger partial charge in [-0.2, -0.15) is 5.26 Å². The van der Waals surface area contributed by atoms with Crippen LogP contribution in [0.4, 0.5) is 5.69 Å². The van der Waals surface area contributed by atoms with E-state index >= 15 is 0 Å². The Kier molecular flexibility index (Phi) is 5.14. The van der Waals surface area contributed by atoms with E-state index in [1.54, 1.807) is 30.3 Å². The van der Waals surface area contributed by atoms with Gasteiger partial charge in [0.1, 0.15) is 0 Å². The number of anilines is 1. The number of nitrogens with one attached hydrogen (secondary N) is 1. The standard InChI is InChI=1S/C17H13ClN2O/c18-15-3-1-2-14(12-15)6-9-17(21)20-16-7-4-13(5-8-16)10-11-19/h1-9,12H,10H2,(H,20,21)/b9-6+. The molecule has 0 radical (unpaired) electrons. The predicted octanol–water partition coefficient (Wildman–Crippen LogP) is 4.06. The molecule has 0 unspecified atom stereocenters. The van der Waals surface area contributed by atoms with Crippen molar-refractivity contribution < 1.29 is 4.79 Å². The van der Waals surface area contributed by atoms with Crippen LogP contribution in [0.3, 0.4) is 0 Å². The summed E-state index contributed by atoms with van der Waals surface area (Å²) in [5.74, 6) is -0.219. The molecule has 0 heterocycles. The van der Waals surface area contributed by atoms with E-state index in [9.17, 15) is 4.79 Å². The van der Waals surface area contributed by atoms with Crippen LogP contribution in [0.2, 0.25) is 5.02 Å². The number of hydrogen-bond acceptors (Lipinski definition) is 2. The number of nitriles is 1. The highest BCUT2D eigenvalue weighted by atomic mass is 35.5. The van der Waals surface area contributed by atoms with Gasteiger partial charge in [-0.3, -0.25) is 4.79 Å². The fourth-order valence-corrected chi connectivity index (χ4v) is 1.96. The largest absolute Gasteiger partial charge is 0.323 e. The van der Waals surface area contributed by atoms with Gasteiger partial charge in [-0.1, -0.05) is 35.9 Å². The number of hydrogen-bond donors (Lipinski definition) is 1. The highest BCUT2D eigenvalue weighted by Gasteiger charge is 1.98. The van der Waals surface area contributed by atoms with Crippen molar-refractivity contribution in [3.8, 4) is 6.07 Å². The number of amides is 1. The minimum atomic E-state index is -0.219. The fraction of sp³-hybridized carbons (Fsp3) is 0.0588.